The number of aliphatic hydroxyl groups is 1. The Morgan fingerprint density at radius 1 is 0.680 bits per heavy atom. The number of rotatable bonds is 10. The first-order valence-corrected chi connectivity index (χ1v) is 9.32. The summed E-state index contributed by atoms with van der Waals surface area (Å²) in [5, 5.41) is 29.5. The Labute approximate surface area is 151 Å². The molecule has 0 unspecified atom stereocenters. The first kappa shape index (κ1) is 19.3. The highest BCUT2D eigenvalue weighted by atomic mass is 16.3. The van der Waals surface area contributed by atoms with Gasteiger partial charge < -0.3 is 15.3 Å². The minimum Gasteiger partial charge on any atom is -0.508 e. The Morgan fingerprint density at radius 2 is 1.12 bits per heavy atom. The zero-order valence-electron chi connectivity index (χ0n) is 15.1. The van der Waals surface area contributed by atoms with Crippen LogP contribution in [0, 0.1) is 0 Å². The fourth-order valence-corrected chi connectivity index (χ4v) is 3.49. The van der Waals surface area contributed by atoms with Gasteiger partial charge in [0.15, 0.2) is 0 Å². The predicted molar refractivity (Wildman–Crippen MR) is 102 cm³/mol. The zero-order valence-corrected chi connectivity index (χ0v) is 15.1. The number of hydrogen-bond acceptors (Lipinski definition) is 3. The number of benzene rings is 2. The SMILES string of the molecule is CCCCCCCCC(CO)(c1ccc(O)cc1)c1ccc(O)cc1. The third-order valence-electron chi connectivity index (χ3n) is 5.07. The van der Waals surface area contributed by atoms with Crippen LogP contribution in [0.5, 0.6) is 11.5 Å². The average molecular weight is 342 g/mol. The molecule has 0 spiro atoms. The highest BCUT2D eigenvalue weighted by Crippen LogP contribution is 2.38. The van der Waals surface area contributed by atoms with Gasteiger partial charge in [0, 0.05) is 5.41 Å². The molecule has 136 valence electrons. The molecule has 0 amide bonds. The number of hydrogen-bond donors (Lipinski definition) is 3. The van der Waals surface area contributed by atoms with E-state index in [0.717, 1.165) is 30.4 Å². The van der Waals surface area contributed by atoms with E-state index in [1.54, 1.807) is 24.3 Å². The molecule has 25 heavy (non-hydrogen) atoms. The maximum atomic E-state index is 10.3. The first-order chi connectivity index (χ1) is 12.1. The van der Waals surface area contributed by atoms with E-state index in [1.807, 2.05) is 24.3 Å². The summed E-state index contributed by atoms with van der Waals surface area (Å²) in [7, 11) is 0. The van der Waals surface area contributed by atoms with Gasteiger partial charge >= 0.3 is 0 Å². The second-order valence-electron chi connectivity index (χ2n) is 6.85. The summed E-state index contributed by atoms with van der Waals surface area (Å²) in [6, 6.07) is 14.2. The summed E-state index contributed by atoms with van der Waals surface area (Å²) >= 11 is 0. The number of phenols is 2. The van der Waals surface area contributed by atoms with Gasteiger partial charge in [0.2, 0.25) is 0 Å². The van der Waals surface area contributed by atoms with Crippen LogP contribution in [0.15, 0.2) is 48.5 Å². The molecule has 3 N–H and O–H groups in total. The van der Waals surface area contributed by atoms with Gasteiger partial charge in [-0.3, -0.25) is 0 Å². The summed E-state index contributed by atoms with van der Waals surface area (Å²) in [5.74, 6) is 0.446. The molecule has 0 radical (unpaired) electrons. The maximum Gasteiger partial charge on any atom is 0.115 e. The van der Waals surface area contributed by atoms with Crippen LogP contribution in [0.3, 0.4) is 0 Å². The molecule has 0 aliphatic rings. The van der Waals surface area contributed by atoms with Crippen molar-refractivity contribution in [1.29, 1.82) is 0 Å². The molecule has 0 fully saturated rings. The van der Waals surface area contributed by atoms with E-state index in [0.29, 0.717) is 0 Å². The first-order valence-electron chi connectivity index (χ1n) is 9.32. The van der Waals surface area contributed by atoms with Crippen molar-refractivity contribution >= 4 is 0 Å². The van der Waals surface area contributed by atoms with Crippen molar-refractivity contribution in [2.45, 2.75) is 57.3 Å². The number of phenolic OH excluding ortho intramolecular Hbond substituents is 2. The van der Waals surface area contributed by atoms with Crippen molar-refractivity contribution in [3.8, 4) is 11.5 Å². The van der Waals surface area contributed by atoms with Crippen LogP contribution in [0.25, 0.3) is 0 Å². The van der Waals surface area contributed by atoms with Gasteiger partial charge in [0.05, 0.1) is 6.61 Å². The highest BCUT2D eigenvalue weighted by Gasteiger charge is 2.33. The minimum absolute atomic E-state index is 0.00247. The molecule has 0 heterocycles. The number of aromatic hydroxyl groups is 2. The van der Waals surface area contributed by atoms with E-state index in [4.69, 9.17) is 0 Å². The molecule has 0 aromatic heterocycles. The van der Waals surface area contributed by atoms with Gasteiger partial charge in [-0.2, -0.15) is 0 Å². The molecule has 0 bridgehead atoms. The molecular weight excluding hydrogens is 312 g/mol. The Balaban J connectivity index is 2.23. The summed E-state index contributed by atoms with van der Waals surface area (Å²) in [6.45, 7) is 2.21. The van der Waals surface area contributed by atoms with Gasteiger partial charge in [-0.15, -0.1) is 0 Å². The fourth-order valence-electron chi connectivity index (χ4n) is 3.49. The molecule has 0 atom stereocenters. The van der Waals surface area contributed by atoms with Crippen LogP contribution in [-0.2, 0) is 5.41 Å². The van der Waals surface area contributed by atoms with Crippen LogP contribution in [-0.4, -0.2) is 21.9 Å². The normalized spacial score (nSPS) is 11.6. The van der Waals surface area contributed by atoms with E-state index >= 15 is 0 Å². The lowest BCUT2D eigenvalue weighted by atomic mass is 9.71. The topological polar surface area (TPSA) is 60.7 Å². The standard InChI is InChI=1S/C22H30O3/c1-2-3-4-5-6-7-16-22(17-23,18-8-12-20(24)13-9-18)19-10-14-21(25)15-11-19/h8-15,23-25H,2-7,16-17H2,1H3. The van der Waals surface area contributed by atoms with Crippen LogP contribution < -0.4 is 0 Å². The smallest absolute Gasteiger partial charge is 0.115 e. The lowest BCUT2D eigenvalue weighted by Crippen LogP contribution is -2.32. The number of unbranched alkanes of at least 4 members (excludes halogenated alkanes) is 5. The van der Waals surface area contributed by atoms with Crippen molar-refractivity contribution in [3.63, 3.8) is 0 Å². The largest absolute Gasteiger partial charge is 0.508 e. The average Bonchev–Trinajstić information content (AvgIpc) is 2.63. The summed E-state index contributed by atoms with van der Waals surface area (Å²) in [5.41, 5.74) is 1.48. The van der Waals surface area contributed by atoms with Crippen molar-refractivity contribution < 1.29 is 15.3 Å². The van der Waals surface area contributed by atoms with Gasteiger partial charge in [-0.05, 0) is 41.8 Å². The van der Waals surface area contributed by atoms with E-state index in [9.17, 15) is 15.3 Å². The van der Waals surface area contributed by atoms with Crippen molar-refractivity contribution in [2.24, 2.45) is 0 Å². The van der Waals surface area contributed by atoms with E-state index in [2.05, 4.69) is 6.92 Å². The van der Waals surface area contributed by atoms with Crippen LogP contribution in [0.4, 0.5) is 0 Å². The molecule has 3 heteroatoms. The molecule has 0 saturated carbocycles. The maximum absolute atomic E-state index is 10.3. The van der Waals surface area contributed by atoms with Crippen molar-refractivity contribution in [1.82, 2.24) is 0 Å². The highest BCUT2D eigenvalue weighted by molar-refractivity contribution is 5.43. The van der Waals surface area contributed by atoms with Crippen molar-refractivity contribution in [3.05, 3.63) is 59.7 Å². The Morgan fingerprint density at radius 3 is 1.56 bits per heavy atom. The molecule has 2 aromatic carbocycles. The van der Waals surface area contributed by atoms with E-state index in [-0.39, 0.29) is 18.1 Å². The Kier molecular flexibility index (Phi) is 7.32. The van der Waals surface area contributed by atoms with E-state index in [1.165, 1.54) is 25.7 Å². The molecule has 0 aliphatic carbocycles. The molecule has 2 aromatic rings. The zero-order chi connectivity index (χ0) is 18.1. The van der Waals surface area contributed by atoms with Crippen LogP contribution >= 0.6 is 0 Å². The lowest BCUT2D eigenvalue weighted by molar-refractivity contribution is 0.207. The second-order valence-corrected chi connectivity index (χ2v) is 6.85. The minimum atomic E-state index is -0.508. The van der Waals surface area contributed by atoms with Crippen LogP contribution in [0.2, 0.25) is 0 Å². The molecule has 0 saturated heterocycles. The third-order valence-corrected chi connectivity index (χ3v) is 5.07. The molecule has 2 rings (SSSR count). The van der Waals surface area contributed by atoms with Crippen LogP contribution in [0.1, 0.15) is 63.0 Å². The summed E-state index contributed by atoms with van der Waals surface area (Å²) in [4.78, 5) is 0. The fraction of sp³-hybridized carbons (Fsp3) is 0.455. The monoisotopic (exact) mass is 342 g/mol. The summed E-state index contributed by atoms with van der Waals surface area (Å²) in [6.07, 6.45) is 8.03. The third kappa shape index (κ3) is 4.99. The van der Waals surface area contributed by atoms with Gasteiger partial charge in [0.25, 0.3) is 0 Å². The number of aliphatic hydroxyl groups excluding tert-OH is 1. The van der Waals surface area contributed by atoms with E-state index < -0.39 is 5.41 Å². The second kappa shape index (κ2) is 9.47. The quantitative estimate of drug-likeness (QED) is 0.525. The predicted octanol–water partition coefficient (Wildman–Crippen LogP) is 5.13. The molecule has 3 nitrogen and oxygen atoms in total. The Bertz CT molecular complexity index is 571. The van der Waals surface area contributed by atoms with Gasteiger partial charge in [-0.1, -0.05) is 69.7 Å². The molecular formula is C22H30O3. The summed E-state index contributed by atoms with van der Waals surface area (Å²) < 4.78 is 0. The van der Waals surface area contributed by atoms with Gasteiger partial charge in [0.1, 0.15) is 11.5 Å². The van der Waals surface area contributed by atoms with Gasteiger partial charge in [-0.25, -0.2) is 0 Å². The van der Waals surface area contributed by atoms with Crippen molar-refractivity contribution in [2.75, 3.05) is 6.61 Å². The lowest BCUT2D eigenvalue weighted by Gasteiger charge is -2.33. The molecule has 0 aliphatic heterocycles. The Hall–Kier alpha value is -2.00.